The van der Waals surface area contributed by atoms with E-state index in [1.165, 1.54) is 0 Å². The number of likely N-dealkylation sites (N-methyl/N-ethyl adjacent to an activating group) is 1. The molecular formula is C19H25N3O4. The molecule has 0 fully saturated rings. The molecule has 26 heavy (non-hydrogen) atoms. The summed E-state index contributed by atoms with van der Waals surface area (Å²) in [5, 5.41) is 14.2. The predicted octanol–water partition coefficient (Wildman–Crippen LogP) is 2.42. The van der Waals surface area contributed by atoms with Crippen LogP contribution in [0, 0.1) is 13.8 Å². The summed E-state index contributed by atoms with van der Waals surface area (Å²) in [7, 11) is 1.83. The van der Waals surface area contributed by atoms with Crippen LogP contribution >= 0.6 is 0 Å². The van der Waals surface area contributed by atoms with Crippen molar-refractivity contribution in [2.75, 3.05) is 26.8 Å². The van der Waals surface area contributed by atoms with Gasteiger partial charge in [-0.2, -0.15) is 5.10 Å². The number of aliphatic carboxylic acids is 1. The van der Waals surface area contributed by atoms with Crippen molar-refractivity contribution < 1.29 is 19.4 Å². The number of ether oxygens (including phenoxy) is 2. The minimum Gasteiger partial charge on any atom is -0.486 e. The number of carboxylic acid groups (broad SMARTS) is 1. The van der Waals surface area contributed by atoms with Gasteiger partial charge in [0, 0.05) is 18.8 Å². The summed E-state index contributed by atoms with van der Waals surface area (Å²) in [6.45, 7) is 6.39. The van der Waals surface area contributed by atoms with E-state index >= 15 is 0 Å². The molecule has 2 aromatic rings. The molecule has 1 aliphatic rings. The Bertz CT molecular complexity index is 787. The molecule has 0 saturated heterocycles. The Balaban J connectivity index is 1.67. The number of aryl methyl sites for hydroxylation is 3. The minimum atomic E-state index is -0.879. The summed E-state index contributed by atoms with van der Waals surface area (Å²) < 4.78 is 13.1. The number of aromatic nitrogens is 2. The molecule has 0 bridgehead atoms. The Kier molecular flexibility index (Phi) is 5.46. The zero-order valence-electron chi connectivity index (χ0n) is 15.4. The van der Waals surface area contributed by atoms with Crippen LogP contribution in [0.1, 0.15) is 29.4 Å². The van der Waals surface area contributed by atoms with E-state index in [-0.39, 0.29) is 0 Å². The minimum absolute atomic E-state index is 0.479. The molecule has 1 N–H and O–H groups in total. The SMILES string of the molecule is Cc1cc(C)n(CCCN(C)[C@@H](C(=O)O)c2ccc3c(c2)OCCO3)n1. The van der Waals surface area contributed by atoms with Gasteiger partial charge in [-0.25, -0.2) is 0 Å². The van der Waals surface area contributed by atoms with E-state index in [0.717, 1.165) is 24.4 Å². The largest absolute Gasteiger partial charge is 0.486 e. The lowest BCUT2D eigenvalue weighted by molar-refractivity contribution is -0.143. The molecule has 1 aromatic heterocycles. The molecule has 0 aliphatic carbocycles. The van der Waals surface area contributed by atoms with Crippen LogP contribution in [0.4, 0.5) is 0 Å². The Morgan fingerprint density at radius 2 is 2.00 bits per heavy atom. The van der Waals surface area contributed by atoms with Crippen LogP contribution in [0.2, 0.25) is 0 Å². The van der Waals surface area contributed by atoms with Crippen molar-refractivity contribution in [1.82, 2.24) is 14.7 Å². The molecular weight excluding hydrogens is 334 g/mol. The van der Waals surface area contributed by atoms with Gasteiger partial charge >= 0.3 is 5.97 Å². The first kappa shape index (κ1) is 18.3. The zero-order chi connectivity index (χ0) is 18.7. The molecule has 0 amide bonds. The number of hydrogen-bond donors (Lipinski definition) is 1. The fourth-order valence-electron chi connectivity index (χ4n) is 3.32. The van der Waals surface area contributed by atoms with E-state index < -0.39 is 12.0 Å². The summed E-state index contributed by atoms with van der Waals surface area (Å²) in [6, 6.07) is 6.66. The molecule has 7 nitrogen and oxygen atoms in total. The average Bonchev–Trinajstić information content (AvgIpc) is 2.92. The molecule has 1 aliphatic heterocycles. The summed E-state index contributed by atoms with van der Waals surface area (Å²) in [5.74, 6) is 0.391. The van der Waals surface area contributed by atoms with Crippen molar-refractivity contribution >= 4 is 5.97 Å². The van der Waals surface area contributed by atoms with Gasteiger partial charge in [-0.3, -0.25) is 14.4 Å². The van der Waals surface area contributed by atoms with Crippen LogP contribution < -0.4 is 9.47 Å². The van der Waals surface area contributed by atoms with Gasteiger partial charge in [-0.15, -0.1) is 0 Å². The molecule has 3 rings (SSSR count). The number of carboxylic acids is 1. The molecule has 0 unspecified atom stereocenters. The number of fused-ring (bicyclic) bond motifs is 1. The van der Waals surface area contributed by atoms with Crippen molar-refractivity contribution in [1.29, 1.82) is 0 Å². The van der Waals surface area contributed by atoms with Gasteiger partial charge in [0.2, 0.25) is 0 Å². The van der Waals surface area contributed by atoms with Crippen LogP contribution in [-0.4, -0.2) is 52.6 Å². The molecule has 2 heterocycles. The first-order valence-corrected chi connectivity index (χ1v) is 8.79. The fraction of sp³-hybridized carbons (Fsp3) is 0.474. The number of rotatable bonds is 7. The third kappa shape index (κ3) is 3.99. The van der Waals surface area contributed by atoms with Gasteiger partial charge in [0.15, 0.2) is 11.5 Å². The summed E-state index contributed by atoms with van der Waals surface area (Å²) >= 11 is 0. The number of hydrogen-bond acceptors (Lipinski definition) is 5. The standard InChI is InChI=1S/C19H25N3O4/c1-13-11-14(2)22(20-13)8-4-7-21(3)18(19(23)24)15-5-6-16-17(12-15)26-10-9-25-16/h5-6,11-12,18H,4,7-10H2,1-3H3,(H,23,24)/t18-/m1/s1. The van der Waals surface area contributed by atoms with E-state index in [0.29, 0.717) is 36.8 Å². The fourth-order valence-corrected chi connectivity index (χ4v) is 3.32. The van der Waals surface area contributed by atoms with E-state index in [1.54, 1.807) is 18.2 Å². The van der Waals surface area contributed by atoms with Crippen LogP contribution in [0.5, 0.6) is 11.5 Å². The highest BCUT2D eigenvalue weighted by molar-refractivity contribution is 5.76. The lowest BCUT2D eigenvalue weighted by Gasteiger charge is -2.26. The van der Waals surface area contributed by atoms with Gasteiger partial charge in [0.25, 0.3) is 0 Å². The monoisotopic (exact) mass is 359 g/mol. The quantitative estimate of drug-likeness (QED) is 0.818. The Morgan fingerprint density at radius 3 is 2.65 bits per heavy atom. The number of carbonyl (C=O) groups is 1. The Labute approximate surface area is 153 Å². The first-order chi connectivity index (χ1) is 12.5. The summed E-state index contributed by atoms with van der Waals surface area (Å²) in [6.07, 6.45) is 0.812. The molecule has 1 aromatic carbocycles. The second kappa shape index (κ2) is 7.78. The normalized spacial score (nSPS) is 14.5. The smallest absolute Gasteiger partial charge is 0.325 e. The van der Waals surface area contributed by atoms with Gasteiger partial charge in [0.1, 0.15) is 19.3 Å². The predicted molar refractivity (Wildman–Crippen MR) is 96.8 cm³/mol. The van der Waals surface area contributed by atoms with Gasteiger partial charge in [0.05, 0.1) is 5.69 Å². The van der Waals surface area contributed by atoms with Gasteiger partial charge < -0.3 is 14.6 Å². The van der Waals surface area contributed by atoms with Crippen molar-refractivity contribution in [3.8, 4) is 11.5 Å². The third-order valence-electron chi connectivity index (χ3n) is 4.54. The molecule has 0 radical (unpaired) electrons. The maximum absolute atomic E-state index is 11.9. The van der Waals surface area contributed by atoms with Crippen molar-refractivity contribution in [3.63, 3.8) is 0 Å². The molecule has 1 atom stereocenters. The van der Waals surface area contributed by atoms with Crippen molar-refractivity contribution in [2.45, 2.75) is 32.9 Å². The molecule has 0 saturated carbocycles. The van der Waals surface area contributed by atoms with Crippen LogP contribution in [-0.2, 0) is 11.3 Å². The maximum atomic E-state index is 11.9. The Hall–Kier alpha value is -2.54. The zero-order valence-corrected chi connectivity index (χ0v) is 15.4. The summed E-state index contributed by atoms with van der Waals surface area (Å²) in [4.78, 5) is 13.7. The molecule has 140 valence electrons. The highest BCUT2D eigenvalue weighted by Gasteiger charge is 2.26. The van der Waals surface area contributed by atoms with Gasteiger partial charge in [-0.1, -0.05) is 6.07 Å². The number of benzene rings is 1. The lowest BCUT2D eigenvalue weighted by atomic mass is 10.0. The highest BCUT2D eigenvalue weighted by Crippen LogP contribution is 2.34. The van der Waals surface area contributed by atoms with E-state index in [1.807, 2.05) is 36.5 Å². The third-order valence-corrected chi connectivity index (χ3v) is 4.54. The maximum Gasteiger partial charge on any atom is 0.325 e. The van der Waals surface area contributed by atoms with Crippen LogP contribution in [0.3, 0.4) is 0 Å². The Morgan fingerprint density at radius 1 is 1.27 bits per heavy atom. The second-order valence-electron chi connectivity index (χ2n) is 6.63. The van der Waals surface area contributed by atoms with Crippen LogP contribution in [0.25, 0.3) is 0 Å². The first-order valence-electron chi connectivity index (χ1n) is 8.79. The summed E-state index contributed by atoms with van der Waals surface area (Å²) in [5.41, 5.74) is 2.80. The van der Waals surface area contributed by atoms with Crippen LogP contribution in [0.15, 0.2) is 24.3 Å². The molecule has 7 heteroatoms. The van der Waals surface area contributed by atoms with E-state index in [4.69, 9.17) is 9.47 Å². The van der Waals surface area contributed by atoms with Crippen molar-refractivity contribution in [3.05, 3.63) is 41.2 Å². The highest BCUT2D eigenvalue weighted by atomic mass is 16.6. The second-order valence-corrected chi connectivity index (χ2v) is 6.63. The topological polar surface area (TPSA) is 76.8 Å². The average molecular weight is 359 g/mol. The number of nitrogens with zero attached hydrogens (tertiary/aromatic N) is 3. The lowest BCUT2D eigenvalue weighted by Crippen LogP contribution is -2.32. The van der Waals surface area contributed by atoms with E-state index in [9.17, 15) is 9.90 Å². The van der Waals surface area contributed by atoms with E-state index in [2.05, 4.69) is 5.10 Å². The molecule has 0 spiro atoms. The van der Waals surface area contributed by atoms with Gasteiger partial charge in [-0.05, 0) is 51.1 Å². The van der Waals surface area contributed by atoms with Crippen molar-refractivity contribution in [2.24, 2.45) is 0 Å².